The summed E-state index contributed by atoms with van der Waals surface area (Å²) in [6.07, 6.45) is 2.39. The monoisotopic (exact) mass is 201 g/mol. The van der Waals surface area contributed by atoms with Gasteiger partial charge in [-0.05, 0) is 20.5 Å². The van der Waals surface area contributed by atoms with Gasteiger partial charge in [0.25, 0.3) is 0 Å². The van der Waals surface area contributed by atoms with Crippen LogP contribution in [0.1, 0.15) is 6.42 Å². The van der Waals surface area contributed by atoms with Gasteiger partial charge in [-0.15, -0.1) is 0 Å². The molecule has 0 saturated heterocycles. The van der Waals surface area contributed by atoms with Crippen LogP contribution in [-0.2, 0) is 14.3 Å². The first kappa shape index (κ1) is 12.6. The number of hydrogen-bond acceptors (Lipinski definition) is 4. The van der Waals surface area contributed by atoms with Crippen molar-refractivity contribution in [1.82, 2.24) is 4.90 Å². The number of aliphatic carboxylic acids is 1. The molecular formula is C9H15NO4. The van der Waals surface area contributed by atoms with Crippen molar-refractivity contribution in [1.29, 1.82) is 0 Å². The van der Waals surface area contributed by atoms with E-state index in [1.807, 2.05) is 19.0 Å². The lowest BCUT2D eigenvalue weighted by molar-refractivity contribution is -0.138. The van der Waals surface area contributed by atoms with Crippen LogP contribution in [0.25, 0.3) is 0 Å². The first-order chi connectivity index (χ1) is 6.52. The van der Waals surface area contributed by atoms with Crippen molar-refractivity contribution in [3.63, 3.8) is 0 Å². The summed E-state index contributed by atoms with van der Waals surface area (Å²) >= 11 is 0. The smallest absolute Gasteiger partial charge is 0.331 e. The molecule has 14 heavy (non-hydrogen) atoms. The third-order valence-electron chi connectivity index (χ3n) is 1.36. The SMILES string of the molecule is CN(C)CCCOC(=O)/C=C/C(=O)O. The third kappa shape index (κ3) is 8.73. The largest absolute Gasteiger partial charge is 0.478 e. The Labute approximate surface area is 83.0 Å². The van der Waals surface area contributed by atoms with Crippen LogP contribution < -0.4 is 0 Å². The molecule has 0 fully saturated rings. The summed E-state index contributed by atoms with van der Waals surface area (Å²) in [4.78, 5) is 22.8. The van der Waals surface area contributed by atoms with Crippen LogP contribution in [0.4, 0.5) is 0 Å². The highest BCUT2D eigenvalue weighted by molar-refractivity contribution is 5.90. The van der Waals surface area contributed by atoms with Gasteiger partial charge in [0, 0.05) is 18.7 Å². The lowest BCUT2D eigenvalue weighted by atomic mass is 10.4. The van der Waals surface area contributed by atoms with Crippen LogP contribution in [0.15, 0.2) is 12.2 Å². The van der Waals surface area contributed by atoms with Crippen LogP contribution in [0, 0.1) is 0 Å². The van der Waals surface area contributed by atoms with Crippen molar-refractivity contribution in [3.05, 3.63) is 12.2 Å². The fourth-order valence-corrected chi connectivity index (χ4v) is 0.741. The molecule has 0 bridgehead atoms. The maximum Gasteiger partial charge on any atom is 0.331 e. The van der Waals surface area contributed by atoms with E-state index in [-0.39, 0.29) is 0 Å². The van der Waals surface area contributed by atoms with E-state index in [9.17, 15) is 9.59 Å². The second-order valence-corrected chi connectivity index (χ2v) is 3.00. The molecule has 0 aliphatic carbocycles. The molecule has 0 aromatic carbocycles. The van der Waals surface area contributed by atoms with E-state index >= 15 is 0 Å². The molecule has 5 heteroatoms. The number of rotatable bonds is 6. The summed E-state index contributed by atoms with van der Waals surface area (Å²) in [5.74, 6) is -1.78. The summed E-state index contributed by atoms with van der Waals surface area (Å²) in [6.45, 7) is 1.14. The Kier molecular flexibility index (Phi) is 6.39. The lowest BCUT2D eigenvalue weighted by Gasteiger charge is -2.08. The van der Waals surface area contributed by atoms with Crippen molar-refractivity contribution in [2.24, 2.45) is 0 Å². The van der Waals surface area contributed by atoms with E-state index in [1.165, 1.54) is 0 Å². The Hall–Kier alpha value is -1.36. The van der Waals surface area contributed by atoms with Gasteiger partial charge >= 0.3 is 11.9 Å². The fraction of sp³-hybridized carbons (Fsp3) is 0.556. The molecule has 80 valence electrons. The number of carbonyl (C=O) groups is 2. The zero-order chi connectivity index (χ0) is 11.0. The molecule has 5 nitrogen and oxygen atoms in total. The van der Waals surface area contributed by atoms with Gasteiger partial charge in [-0.3, -0.25) is 0 Å². The molecular weight excluding hydrogens is 186 g/mol. The van der Waals surface area contributed by atoms with Gasteiger partial charge in [0.05, 0.1) is 6.61 Å². The summed E-state index contributed by atoms with van der Waals surface area (Å²) in [7, 11) is 3.85. The molecule has 0 unspecified atom stereocenters. The second kappa shape index (κ2) is 7.08. The molecule has 0 rings (SSSR count). The van der Waals surface area contributed by atoms with Crippen molar-refractivity contribution in [2.75, 3.05) is 27.2 Å². The first-order valence-electron chi connectivity index (χ1n) is 4.25. The number of carbonyl (C=O) groups excluding carboxylic acids is 1. The van der Waals surface area contributed by atoms with E-state index in [2.05, 4.69) is 0 Å². The molecule has 0 aromatic rings. The Bertz CT molecular complexity index is 223. The predicted octanol–water partition coefficient (Wildman–Crippen LogP) is 0.122. The number of ether oxygens (including phenoxy) is 1. The predicted molar refractivity (Wildman–Crippen MR) is 50.9 cm³/mol. The minimum Gasteiger partial charge on any atom is -0.478 e. The summed E-state index contributed by atoms with van der Waals surface area (Å²) in [6, 6.07) is 0. The van der Waals surface area contributed by atoms with E-state index in [4.69, 9.17) is 9.84 Å². The molecule has 0 saturated carbocycles. The van der Waals surface area contributed by atoms with Crippen molar-refractivity contribution < 1.29 is 19.4 Å². The minimum atomic E-state index is -1.16. The van der Waals surface area contributed by atoms with E-state index < -0.39 is 11.9 Å². The van der Waals surface area contributed by atoms with Crippen molar-refractivity contribution >= 4 is 11.9 Å². The van der Waals surface area contributed by atoms with Gasteiger partial charge < -0.3 is 14.7 Å². The average molecular weight is 201 g/mol. The van der Waals surface area contributed by atoms with E-state index in [0.717, 1.165) is 25.1 Å². The normalized spacial score (nSPS) is 10.8. The minimum absolute atomic E-state index is 0.307. The van der Waals surface area contributed by atoms with E-state index in [1.54, 1.807) is 0 Å². The van der Waals surface area contributed by atoms with Crippen LogP contribution in [-0.4, -0.2) is 49.2 Å². The fourth-order valence-electron chi connectivity index (χ4n) is 0.741. The lowest BCUT2D eigenvalue weighted by Crippen LogP contribution is -2.15. The molecule has 1 N–H and O–H groups in total. The van der Waals surface area contributed by atoms with Gasteiger partial charge in [0.2, 0.25) is 0 Å². The maximum atomic E-state index is 10.8. The molecule has 0 spiro atoms. The maximum absolute atomic E-state index is 10.8. The zero-order valence-corrected chi connectivity index (χ0v) is 8.40. The zero-order valence-electron chi connectivity index (χ0n) is 8.40. The van der Waals surface area contributed by atoms with Crippen LogP contribution >= 0.6 is 0 Å². The molecule has 0 aromatic heterocycles. The van der Waals surface area contributed by atoms with Gasteiger partial charge in [-0.25, -0.2) is 9.59 Å². The molecule has 0 aliphatic heterocycles. The van der Waals surface area contributed by atoms with Crippen molar-refractivity contribution in [3.8, 4) is 0 Å². The molecule has 0 atom stereocenters. The summed E-state index contributed by atoms with van der Waals surface area (Å²) in [5.41, 5.74) is 0. The van der Waals surface area contributed by atoms with Crippen molar-refractivity contribution in [2.45, 2.75) is 6.42 Å². The van der Waals surface area contributed by atoms with Crippen LogP contribution in [0.5, 0.6) is 0 Å². The number of nitrogens with zero attached hydrogens (tertiary/aromatic N) is 1. The Morgan fingerprint density at radius 1 is 1.36 bits per heavy atom. The van der Waals surface area contributed by atoms with Crippen LogP contribution in [0.2, 0.25) is 0 Å². The highest BCUT2D eigenvalue weighted by Crippen LogP contribution is 1.88. The number of esters is 1. The van der Waals surface area contributed by atoms with Gasteiger partial charge in [-0.1, -0.05) is 0 Å². The number of carboxylic acids is 1. The molecule has 0 heterocycles. The second-order valence-electron chi connectivity index (χ2n) is 3.00. The van der Waals surface area contributed by atoms with Gasteiger partial charge in [0.15, 0.2) is 0 Å². The van der Waals surface area contributed by atoms with Gasteiger partial charge in [-0.2, -0.15) is 0 Å². The quantitative estimate of drug-likeness (QED) is 0.375. The third-order valence-corrected chi connectivity index (χ3v) is 1.36. The standard InChI is InChI=1S/C9H15NO4/c1-10(2)6-3-7-14-9(13)5-4-8(11)12/h4-5H,3,6-7H2,1-2H3,(H,11,12)/b5-4+. The number of carboxylic acid groups (broad SMARTS) is 1. The highest BCUT2D eigenvalue weighted by Gasteiger charge is 1.98. The highest BCUT2D eigenvalue weighted by atomic mass is 16.5. The molecule has 0 aliphatic rings. The van der Waals surface area contributed by atoms with Crippen LogP contribution in [0.3, 0.4) is 0 Å². The summed E-state index contributed by atoms with van der Waals surface area (Å²) < 4.78 is 4.73. The van der Waals surface area contributed by atoms with Gasteiger partial charge in [0.1, 0.15) is 0 Å². The average Bonchev–Trinajstić information content (AvgIpc) is 2.08. The Morgan fingerprint density at radius 3 is 2.50 bits per heavy atom. The topological polar surface area (TPSA) is 66.8 Å². The first-order valence-corrected chi connectivity index (χ1v) is 4.25. The van der Waals surface area contributed by atoms with E-state index in [0.29, 0.717) is 6.61 Å². The molecule has 0 radical (unpaired) electrons. The summed E-state index contributed by atoms with van der Waals surface area (Å²) in [5, 5.41) is 8.21. The Balaban J connectivity index is 3.50. The Morgan fingerprint density at radius 2 is 2.00 bits per heavy atom. The number of hydrogen-bond donors (Lipinski definition) is 1. The molecule has 0 amide bonds.